The lowest BCUT2D eigenvalue weighted by molar-refractivity contribution is 0.102. The van der Waals surface area contributed by atoms with Crippen molar-refractivity contribution in [2.75, 3.05) is 16.2 Å². The van der Waals surface area contributed by atoms with Gasteiger partial charge >= 0.3 is 0 Å². The van der Waals surface area contributed by atoms with Gasteiger partial charge in [-0.15, -0.1) is 0 Å². The van der Waals surface area contributed by atoms with E-state index in [1.807, 2.05) is 6.92 Å². The molecule has 0 bridgehead atoms. The molecule has 0 atom stereocenters. The van der Waals surface area contributed by atoms with E-state index in [-0.39, 0.29) is 9.79 Å². The van der Waals surface area contributed by atoms with Gasteiger partial charge in [-0.3, -0.25) is 9.10 Å². The zero-order valence-electron chi connectivity index (χ0n) is 17.1. The van der Waals surface area contributed by atoms with Gasteiger partial charge in [-0.1, -0.05) is 17.7 Å². The molecule has 8 nitrogen and oxygen atoms in total. The van der Waals surface area contributed by atoms with Gasteiger partial charge in [-0.05, 0) is 73.5 Å². The van der Waals surface area contributed by atoms with Gasteiger partial charge in [-0.2, -0.15) is 0 Å². The molecule has 32 heavy (non-hydrogen) atoms. The summed E-state index contributed by atoms with van der Waals surface area (Å²) in [5, 5.41) is 7.77. The second-order valence-corrected chi connectivity index (χ2v) is 10.9. The van der Waals surface area contributed by atoms with Gasteiger partial charge in [0.15, 0.2) is 0 Å². The fraction of sp³-hybridized carbons (Fsp3) is 0.136. The Kier molecular flexibility index (Phi) is 5.53. The lowest BCUT2D eigenvalue weighted by Crippen LogP contribution is -2.29. The Morgan fingerprint density at radius 2 is 1.53 bits per heavy atom. The van der Waals surface area contributed by atoms with Crippen LogP contribution in [0.2, 0.25) is 0 Å². The highest BCUT2D eigenvalue weighted by Gasteiger charge is 2.31. The quantitative estimate of drug-likeness (QED) is 0.591. The number of carbonyl (C=O) groups is 1. The summed E-state index contributed by atoms with van der Waals surface area (Å²) in [5.74, 6) is -0.393. The number of amides is 1. The molecule has 3 aromatic carbocycles. The summed E-state index contributed by atoms with van der Waals surface area (Å²) in [6.07, 6.45) is 0.491. The highest BCUT2D eigenvalue weighted by atomic mass is 32.2. The maximum Gasteiger partial charge on any atom is 0.264 e. The van der Waals surface area contributed by atoms with Gasteiger partial charge in [-0.25, -0.2) is 22.0 Å². The third kappa shape index (κ3) is 4.24. The normalized spacial score (nSPS) is 13.6. The second kappa shape index (κ2) is 8.05. The molecule has 4 rings (SSSR count). The van der Waals surface area contributed by atoms with Crippen molar-refractivity contribution in [1.82, 2.24) is 0 Å². The smallest absolute Gasteiger partial charge is 0.264 e. The molecule has 0 fully saturated rings. The first-order valence-electron chi connectivity index (χ1n) is 9.72. The van der Waals surface area contributed by atoms with E-state index in [9.17, 15) is 21.6 Å². The van der Waals surface area contributed by atoms with E-state index in [0.717, 1.165) is 11.1 Å². The van der Waals surface area contributed by atoms with Crippen LogP contribution >= 0.6 is 0 Å². The summed E-state index contributed by atoms with van der Waals surface area (Å²) in [5.41, 5.74) is 3.07. The first-order chi connectivity index (χ1) is 15.1. The minimum absolute atomic E-state index is 0.0529. The molecule has 1 amide bonds. The van der Waals surface area contributed by atoms with E-state index >= 15 is 0 Å². The highest BCUT2D eigenvalue weighted by Crippen LogP contribution is 2.33. The molecule has 3 aromatic rings. The van der Waals surface area contributed by atoms with Gasteiger partial charge < -0.3 is 5.32 Å². The van der Waals surface area contributed by atoms with Crippen LogP contribution in [0.3, 0.4) is 0 Å². The average Bonchev–Trinajstić information content (AvgIpc) is 3.18. The second-order valence-electron chi connectivity index (χ2n) is 7.51. The molecule has 1 aliphatic heterocycles. The summed E-state index contributed by atoms with van der Waals surface area (Å²) in [7, 11) is -7.51. The van der Waals surface area contributed by atoms with Gasteiger partial charge in [0, 0.05) is 17.8 Å². The summed E-state index contributed by atoms with van der Waals surface area (Å²) in [6.45, 7) is 2.19. The Hall–Kier alpha value is -3.21. The standard InChI is InChI=1S/C22H21N3O5S2/c1-15-2-7-20(8-3-15)32(29,30)25-13-12-16-14-17(4-11-21(16)25)22(26)24-18-5-9-19(10-6-18)31(23,27)28/h2-11,14H,12-13H2,1H3,(H,24,26)(H2,23,27,28). The molecule has 1 aliphatic rings. The van der Waals surface area contributed by atoms with Gasteiger partial charge in [0.2, 0.25) is 10.0 Å². The highest BCUT2D eigenvalue weighted by molar-refractivity contribution is 7.92. The van der Waals surface area contributed by atoms with Crippen molar-refractivity contribution in [2.24, 2.45) is 5.14 Å². The monoisotopic (exact) mass is 471 g/mol. The molecule has 1 heterocycles. The van der Waals surface area contributed by atoms with Crippen molar-refractivity contribution >= 4 is 37.3 Å². The number of aryl methyl sites for hydroxylation is 1. The predicted octanol–water partition coefficient (Wildman–Crippen LogP) is 2.65. The number of hydrogen-bond acceptors (Lipinski definition) is 5. The average molecular weight is 472 g/mol. The van der Waals surface area contributed by atoms with Gasteiger partial charge in [0.25, 0.3) is 15.9 Å². The van der Waals surface area contributed by atoms with Crippen LogP contribution in [0.5, 0.6) is 0 Å². The zero-order valence-corrected chi connectivity index (χ0v) is 18.8. The van der Waals surface area contributed by atoms with Crippen LogP contribution in [0, 0.1) is 6.92 Å². The molecule has 0 saturated carbocycles. The number of fused-ring (bicyclic) bond motifs is 1. The molecule has 0 radical (unpaired) electrons. The number of primary sulfonamides is 1. The number of nitrogens with zero attached hydrogens (tertiary/aromatic N) is 1. The molecule has 10 heteroatoms. The number of sulfonamides is 2. The Labute approximate surface area is 186 Å². The first-order valence-corrected chi connectivity index (χ1v) is 12.7. The number of anilines is 2. The number of hydrogen-bond donors (Lipinski definition) is 2. The van der Waals surface area contributed by atoms with Crippen LogP contribution in [0.15, 0.2) is 76.5 Å². The van der Waals surface area contributed by atoms with E-state index in [2.05, 4.69) is 5.32 Å². The molecule has 0 spiro atoms. The molecule has 0 aliphatic carbocycles. The van der Waals surface area contributed by atoms with Crippen molar-refractivity contribution in [3.63, 3.8) is 0 Å². The lowest BCUT2D eigenvalue weighted by atomic mass is 10.1. The summed E-state index contributed by atoms with van der Waals surface area (Å²) in [6, 6.07) is 17.1. The Morgan fingerprint density at radius 3 is 2.16 bits per heavy atom. The maximum absolute atomic E-state index is 13.1. The van der Waals surface area contributed by atoms with Crippen LogP contribution in [0.4, 0.5) is 11.4 Å². The topological polar surface area (TPSA) is 127 Å². The number of benzene rings is 3. The lowest BCUT2D eigenvalue weighted by Gasteiger charge is -2.20. The van der Waals surface area contributed by atoms with Crippen molar-refractivity contribution in [2.45, 2.75) is 23.1 Å². The molecule has 0 saturated heterocycles. The van der Waals surface area contributed by atoms with E-state index in [4.69, 9.17) is 5.14 Å². The van der Waals surface area contributed by atoms with E-state index in [1.165, 1.54) is 28.6 Å². The SMILES string of the molecule is Cc1ccc(S(=O)(=O)N2CCc3cc(C(=O)Nc4ccc(S(N)(=O)=O)cc4)ccc32)cc1. The van der Waals surface area contributed by atoms with Crippen LogP contribution in [0.25, 0.3) is 0 Å². The van der Waals surface area contributed by atoms with Crippen LogP contribution in [-0.2, 0) is 26.5 Å². The molecule has 0 aromatic heterocycles. The Balaban J connectivity index is 1.54. The molecule has 166 valence electrons. The number of rotatable bonds is 5. The van der Waals surface area contributed by atoms with Crippen LogP contribution in [-0.4, -0.2) is 29.3 Å². The summed E-state index contributed by atoms with van der Waals surface area (Å²) < 4.78 is 50.2. The third-order valence-electron chi connectivity index (χ3n) is 5.24. The Morgan fingerprint density at radius 1 is 0.906 bits per heavy atom. The third-order valence-corrected chi connectivity index (χ3v) is 8.00. The summed E-state index contributed by atoms with van der Waals surface area (Å²) in [4.78, 5) is 12.8. The van der Waals surface area contributed by atoms with E-state index < -0.39 is 26.0 Å². The van der Waals surface area contributed by atoms with E-state index in [1.54, 1.807) is 42.5 Å². The fourth-order valence-electron chi connectivity index (χ4n) is 3.53. The van der Waals surface area contributed by atoms with Gasteiger partial charge in [0.1, 0.15) is 0 Å². The van der Waals surface area contributed by atoms with Crippen LogP contribution < -0.4 is 14.8 Å². The summed E-state index contributed by atoms with van der Waals surface area (Å²) >= 11 is 0. The number of carbonyl (C=O) groups excluding carboxylic acids is 1. The van der Waals surface area contributed by atoms with Crippen molar-refractivity contribution in [3.05, 3.63) is 83.4 Å². The van der Waals surface area contributed by atoms with Crippen molar-refractivity contribution < 1.29 is 21.6 Å². The predicted molar refractivity (Wildman–Crippen MR) is 122 cm³/mol. The van der Waals surface area contributed by atoms with Gasteiger partial charge in [0.05, 0.1) is 15.5 Å². The number of nitrogens with two attached hydrogens (primary N) is 1. The number of nitrogens with one attached hydrogen (secondary N) is 1. The van der Waals surface area contributed by atoms with Crippen molar-refractivity contribution in [3.8, 4) is 0 Å². The molecule has 0 unspecified atom stereocenters. The molecule has 3 N–H and O–H groups in total. The first kappa shape index (κ1) is 22.0. The van der Waals surface area contributed by atoms with Crippen LogP contribution in [0.1, 0.15) is 21.5 Å². The zero-order chi connectivity index (χ0) is 23.1. The maximum atomic E-state index is 13.1. The van der Waals surface area contributed by atoms with Crippen molar-refractivity contribution in [1.29, 1.82) is 0 Å². The molecular formula is C22H21N3O5S2. The minimum atomic E-state index is -3.81. The fourth-order valence-corrected chi connectivity index (χ4v) is 5.55. The van der Waals surface area contributed by atoms with E-state index in [0.29, 0.717) is 29.9 Å². The minimum Gasteiger partial charge on any atom is -0.322 e. The largest absolute Gasteiger partial charge is 0.322 e. The molecular weight excluding hydrogens is 450 g/mol. The Bertz CT molecular complexity index is 1400.